The molecule has 0 aliphatic heterocycles. The minimum atomic E-state index is -0.0793. The van der Waals surface area contributed by atoms with Crippen molar-refractivity contribution in [3.05, 3.63) is 70.0 Å². The Hall–Kier alpha value is -3.45. The molecule has 0 aliphatic carbocycles. The zero-order valence-electron chi connectivity index (χ0n) is 14.3. The molecule has 0 N–H and O–H groups in total. The largest absolute Gasteiger partial charge is 0.268 e. The Kier molecular flexibility index (Phi) is 3.01. The molecule has 5 aromatic rings. The summed E-state index contributed by atoms with van der Waals surface area (Å²) < 4.78 is 1.65. The van der Waals surface area contributed by atoms with E-state index in [1.54, 1.807) is 22.6 Å². The van der Waals surface area contributed by atoms with Gasteiger partial charge in [0.2, 0.25) is 0 Å². The summed E-state index contributed by atoms with van der Waals surface area (Å²) in [6.45, 7) is 2.16. The number of nitrogens with zero attached hydrogens (tertiary/aromatic N) is 3. The Labute approximate surface area is 149 Å². The molecule has 2 aromatic heterocycles. The molecule has 0 bridgehead atoms. The quantitative estimate of drug-likeness (QED) is 0.479. The second-order valence-electron chi connectivity index (χ2n) is 6.64. The number of rotatable bonds is 2. The van der Waals surface area contributed by atoms with Crippen molar-refractivity contribution >= 4 is 38.2 Å². The van der Waals surface area contributed by atoms with Crippen LogP contribution in [0.2, 0.25) is 0 Å². The number of pyridine rings is 1. The number of imidazole rings is 1. The molecule has 5 rings (SSSR count). The van der Waals surface area contributed by atoms with Crippen molar-refractivity contribution < 1.29 is 0 Å². The minimum Gasteiger partial charge on any atom is -0.268 e. The van der Waals surface area contributed by atoms with Crippen LogP contribution in [0.25, 0.3) is 38.2 Å². The van der Waals surface area contributed by atoms with E-state index in [9.17, 15) is 10.1 Å². The van der Waals surface area contributed by atoms with E-state index < -0.39 is 0 Å². The van der Waals surface area contributed by atoms with Gasteiger partial charge in [-0.15, -0.1) is 0 Å². The normalized spacial score (nSPS) is 11.7. The van der Waals surface area contributed by atoms with E-state index in [2.05, 4.69) is 31.2 Å². The van der Waals surface area contributed by atoms with Crippen molar-refractivity contribution in [3.8, 4) is 6.07 Å². The van der Waals surface area contributed by atoms with E-state index in [4.69, 9.17) is 4.98 Å². The number of aryl methyl sites for hydroxylation is 1. The average Bonchev–Trinajstić information content (AvgIpc) is 3.06. The smallest absolute Gasteiger partial charge is 0.264 e. The zero-order valence-corrected chi connectivity index (χ0v) is 14.3. The summed E-state index contributed by atoms with van der Waals surface area (Å²) in [6, 6.07) is 17.6. The number of aromatic nitrogens is 2. The van der Waals surface area contributed by atoms with Crippen molar-refractivity contribution in [1.82, 2.24) is 9.38 Å². The Morgan fingerprint density at radius 3 is 2.73 bits per heavy atom. The van der Waals surface area contributed by atoms with Gasteiger partial charge in [-0.25, -0.2) is 4.98 Å². The summed E-state index contributed by atoms with van der Waals surface area (Å²) in [4.78, 5) is 18.0. The second-order valence-corrected chi connectivity index (χ2v) is 6.64. The van der Waals surface area contributed by atoms with Crippen molar-refractivity contribution in [2.75, 3.05) is 0 Å². The Morgan fingerprint density at radius 1 is 1.08 bits per heavy atom. The molecule has 4 nitrogen and oxygen atoms in total. The molecule has 0 aliphatic rings. The summed E-state index contributed by atoms with van der Waals surface area (Å²) in [5.41, 5.74) is 3.78. The second kappa shape index (κ2) is 5.27. The molecule has 0 saturated heterocycles. The van der Waals surface area contributed by atoms with Crippen LogP contribution in [0.1, 0.15) is 24.5 Å². The maximum absolute atomic E-state index is 13.3. The maximum Gasteiger partial charge on any atom is 0.264 e. The van der Waals surface area contributed by atoms with E-state index in [1.807, 2.05) is 12.1 Å². The molecule has 0 spiro atoms. The lowest BCUT2D eigenvalue weighted by Crippen LogP contribution is -2.13. The summed E-state index contributed by atoms with van der Waals surface area (Å²) in [5, 5.41) is 13.0. The predicted molar refractivity (Wildman–Crippen MR) is 104 cm³/mol. The van der Waals surface area contributed by atoms with Crippen LogP contribution in [-0.4, -0.2) is 9.38 Å². The van der Waals surface area contributed by atoms with Gasteiger partial charge in [-0.05, 0) is 41.6 Å². The van der Waals surface area contributed by atoms with Gasteiger partial charge < -0.3 is 0 Å². The molecule has 0 atom stereocenters. The zero-order chi connectivity index (χ0) is 17.8. The molecule has 0 saturated carbocycles. The number of fused-ring (bicyclic) bond motifs is 4. The first-order valence-electron chi connectivity index (χ1n) is 8.75. The summed E-state index contributed by atoms with van der Waals surface area (Å²) >= 11 is 0. The van der Waals surface area contributed by atoms with Gasteiger partial charge in [0.15, 0.2) is 0 Å². The fourth-order valence-corrected chi connectivity index (χ4v) is 3.97. The van der Waals surface area contributed by atoms with Crippen LogP contribution >= 0.6 is 0 Å². The first kappa shape index (κ1) is 14.9. The predicted octanol–water partition coefficient (Wildman–Crippen LogP) is 4.42. The van der Waals surface area contributed by atoms with Gasteiger partial charge >= 0.3 is 0 Å². The van der Waals surface area contributed by atoms with Crippen LogP contribution in [0.3, 0.4) is 0 Å². The van der Waals surface area contributed by atoms with Gasteiger partial charge in [0.25, 0.3) is 5.56 Å². The first-order chi connectivity index (χ1) is 12.7. The van der Waals surface area contributed by atoms with Gasteiger partial charge in [-0.1, -0.05) is 37.6 Å². The highest BCUT2D eigenvalue weighted by molar-refractivity contribution is 6.16. The Bertz CT molecular complexity index is 1420. The molecule has 2 heterocycles. The standard InChI is InChI=1S/C22H15N3O/c1-2-4-14-8-9-16-20-15(14)5-3-6-17(20)22(26)25-19-11-13(12-23)7-10-18(19)24-21(16)25/h3,5-11H,2,4H2,1H3. The SMILES string of the molecule is CCCc1ccc2c3c1cccc3c(=O)n1c3cc(C#N)ccc3nc21. The lowest BCUT2D eigenvalue weighted by molar-refractivity contribution is 0.930. The molecule has 26 heavy (non-hydrogen) atoms. The van der Waals surface area contributed by atoms with Gasteiger partial charge in [-0.3, -0.25) is 9.20 Å². The fourth-order valence-electron chi connectivity index (χ4n) is 3.97. The highest BCUT2D eigenvalue weighted by atomic mass is 16.1. The third-order valence-electron chi connectivity index (χ3n) is 5.11. The van der Waals surface area contributed by atoms with E-state index in [0.717, 1.165) is 34.5 Å². The molecular weight excluding hydrogens is 322 g/mol. The number of hydrogen-bond donors (Lipinski definition) is 0. The first-order valence-corrected chi connectivity index (χ1v) is 8.75. The number of benzene rings is 3. The Balaban J connectivity index is 2.07. The van der Waals surface area contributed by atoms with Crippen LogP contribution < -0.4 is 5.56 Å². The third-order valence-corrected chi connectivity index (χ3v) is 5.11. The van der Waals surface area contributed by atoms with E-state index in [1.165, 1.54) is 5.56 Å². The van der Waals surface area contributed by atoms with Crippen LogP contribution in [0.15, 0.2) is 53.3 Å². The van der Waals surface area contributed by atoms with Gasteiger partial charge in [0.05, 0.1) is 22.7 Å². The van der Waals surface area contributed by atoms with E-state index >= 15 is 0 Å². The number of nitriles is 1. The summed E-state index contributed by atoms with van der Waals surface area (Å²) in [5.74, 6) is 0. The third kappa shape index (κ3) is 1.83. The average molecular weight is 337 g/mol. The highest BCUT2D eigenvalue weighted by Gasteiger charge is 2.17. The Morgan fingerprint density at radius 2 is 1.92 bits per heavy atom. The molecule has 0 amide bonds. The molecule has 3 aromatic carbocycles. The maximum atomic E-state index is 13.3. The van der Waals surface area contributed by atoms with Gasteiger partial charge in [0.1, 0.15) is 5.65 Å². The molecule has 124 valence electrons. The van der Waals surface area contributed by atoms with Crippen LogP contribution in [-0.2, 0) is 6.42 Å². The summed E-state index contributed by atoms with van der Waals surface area (Å²) in [7, 11) is 0. The molecule has 0 radical (unpaired) electrons. The minimum absolute atomic E-state index is 0.0793. The lowest BCUT2D eigenvalue weighted by atomic mass is 9.96. The van der Waals surface area contributed by atoms with Crippen molar-refractivity contribution in [2.45, 2.75) is 19.8 Å². The van der Waals surface area contributed by atoms with Crippen molar-refractivity contribution in [3.63, 3.8) is 0 Å². The monoisotopic (exact) mass is 337 g/mol. The topological polar surface area (TPSA) is 58.2 Å². The number of hydrogen-bond acceptors (Lipinski definition) is 3. The molecule has 4 heteroatoms. The van der Waals surface area contributed by atoms with Crippen LogP contribution in [0.4, 0.5) is 0 Å². The van der Waals surface area contributed by atoms with Crippen molar-refractivity contribution in [1.29, 1.82) is 5.26 Å². The molecule has 0 fully saturated rings. The highest BCUT2D eigenvalue weighted by Crippen LogP contribution is 2.32. The van der Waals surface area contributed by atoms with Gasteiger partial charge in [-0.2, -0.15) is 5.26 Å². The summed E-state index contributed by atoms with van der Waals surface area (Å²) in [6.07, 6.45) is 2.04. The molecular formula is C22H15N3O. The van der Waals surface area contributed by atoms with Crippen LogP contribution in [0, 0.1) is 11.3 Å². The molecule has 0 unspecified atom stereocenters. The van der Waals surface area contributed by atoms with Crippen LogP contribution in [0.5, 0.6) is 0 Å². The van der Waals surface area contributed by atoms with E-state index in [-0.39, 0.29) is 5.56 Å². The van der Waals surface area contributed by atoms with Crippen molar-refractivity contribution in [2.24, 2.45) is 0 Å². The van der Waals surface area contributed by atoms with Gasteiger partial charge in [0, 0.05) is 16.2 Å². The fraction of sp³-hybridized carbons (Fsp3) is 0.136. The lowest BCUT2D eigenvalue weighted by Gasteiger charge is -2.11. The van der Waals surface area contributed by atoms with E-state index in [0.29, 0.717) is 22.1 Å².